The van der Waals surface area contributed by atoms with E-state index in [9.17, 15) is 12.8 Å². The summed E-state index contributed by atoms with van der Waals surface area (Å²) in [7, 11) is -3.10. The first kappa shape index (κ1) is 14.9. The molecule has 3 rings (SSSR count). The van der Waals surface area contributed by atoms with Gasteiger partial charge in [0.15, 0.2) is 0 Å². The van der Waals surface area contributed by atoms with Crippen LogP contribution in [0.3, 0.4) is 0 Å². The Morgan fingerprint density at radius 3 is 2.62 bits per heavy atom. The Balaban J connectivity index is 1.51. The molecule has 1 heterocycles. The maximum absolute atomic E-state index is 12.9. The zero-order chi connectivity index (χ0) is 15.1. The SMILES string of the molecule is CS(=O)(=O)NC1CC2(CCN(Cc3ccc(F)cc3)C2)C1. The fraction of sp³-hybridized carbons (Fsp3) is 0.600. The van der Waals surface area contributed by atoms with Gasteiger partial charge < -0.3 is 0 Å². The quantitative estimate of drug-likeness (QED) is 0.921. The van der Waals surface area contributed by atoms with E-state index in [0.717, 1.165) is 44.5 Å². The fourth-order valence-corrected chi connectivity index (χ4v) is 4.49. The molecule has 0 amide bonds. The summed E-state index contributed by atoms with van der Waals surface area (Å²) in [6.07, 6.45) is 4.20. The zero-order valence-electron chi connectivity index (χ0n) is 12.2. The van der Waals surface area contributed by atoms with Crippen LogP contribution in [-0.4, -0.2) is 38.7 Å². The Bertz CT molecular complexity index is 609. The minimum absolute atomic E-state index is 0.103. The summed E-state index contributed by atoms with van der Waals surface area (Å²) >= 11 is 0. The molecular weight excluding hydrogens is 291 g/mol. The molecule has 0 radical (unpaired) electrons. The summed E-state index contributed by atoms with van der Waals surface area (Å²) in [6, 6.07) is 6.75. The molecule has 4 nitrogen and oxygen atoms in total. The smallest absolute Gasteiger partial charge is 0.208 e. The van der Waals surface area contributed by atoms with Gasteiger partial charge in [-0.15, -0.1) is 0 Å². The van der Waals surface area contributed by atoms with Crippen molar-refractivity contribution in [1.29, 1.82) is 0 Å². The Hall–Kier alpha value is -0.980. The van der Waals surface area contributed by atoms with E-state index in [1.165, 1.54) is 18.4 Å². The Labute approximate surface area is 125 Å². The molecule has 0 atom stereocenters. The second-order valence-electron chi connectivity index (χ2n) is 6.58. The van der Waals surface area contributed by atoms with Crippen molar-refractivity contribution in [1.82, 2.24) is 9.62 Å². The van der Waals surface area contributed by atoms with Gasteiger partial charge in [0.25, 0.3) is 0 Å². The lowest BCUT2D eigenvalue weighted by Crippen LogP contribution is -2.51. The van der Waals surface area contributed by atoms with E-state index < -0.39 is 10.0 Å². The molecule has 21 heavy (non-hydrogen) atoms. The lowest BCUT2D eigenvalue weighted by Gasteiger charge is -2.45. The summed E-state index contributed by atoms with van der Waals surface area (Å²) in [5.41, 5.74) is 1.40. The zero-order valence-corrected chi connectivity index (χ0v) is 13.0. The summed E-state index contributed by atoms with van der Waals surface area (Å²) in [5, 5.41) is 0. The van der Waals surface area contributed by atoms with Crippen molar-refractivity contribution in [2.45, 2.75) is 31.8 Å². The highest BCUT2D eigenvalue weighted by Gasteiger charge is 2.48. The minimum atomic E-state index is -3.10. The second-order valence-corrected chi connectivity index (χ2v) is 8.36. The average molecular weight is 312 g/mol. The fourth-order valence-electron chi connectivity index (χ4n) is 3.72. The van der Waals surface area contributed by atoms with Crippen LogP contribution in [0.2, 0.25) is 0 Å². The van der Waals surface area contributed by atoms with Crippen LogP contribution >= 0.6 is 0 Å². The lowest BCUT2D eigenvalue weighted by atomic mass is 9.65. The molecule has 0 aromatic heterocycles. The van der Waals surface area contributed by atoms with Crippen LogP contribution in [0.15, 0.2) is 24.3 Å². The maximum Gasteiger partial charge on any atom is 0.208 e. The van der Waals surface area contributed by atoms with Crippen LogP contribution in [0, 0.1) is 11.2 Å². The topological polar surface area (TPSA) is 49.4 Å². The van der Waals surface area contributed by atoms with Gasteiger partial charge in [0.1, 0.15) is 5.82 Å². The highest BCUT2D eigenvalue weighted by Crippen LogP contribution is 2.48. The highest BCUT2D eigenvalue weighted by atomic mass is 32.2. The molecule has 1 saturated heterocycles. The molecule has 1 aromatic carbocycles. The molecular formula is C15H21FN2O2S. The van der Waals surface area contributed by atoms with E-state index in [0.29, 0.717) is 0 Å². The molecule has 2 aliphatic rings. The maximum atomic E-state index is 12.9. The predicted octanol–water partition coefficient (Wildman–Crippen LogP) is 1.73. The van der Waals surface area contributed by atoms with Crippen molar-refractivity contribution in [2.24, 2.45) is 5.41 Å². The van der Waals surface area contributed by atoms with Gasteiger partial charge in [-0.05, 0) is 48.9 Å². The van der Waals surface area contributed by atoms with Gasteiger partial charge in [0.05, 0.1) is 6.26 Å². The van der Waals surface area contributed by atoms with Gasteiger partial charge in [0, 0.05) is 19.1 Å². The first-order valence-corrected chi connectivity index (χ1v) is 9.17. The van der Waals surface area contributed by atoms with Crippen molar-refractivity contribution < 1.29 is 12.8 Å². The third kappa shape index (κ3) is 3.62. The van der Waals surface area contributed by atoms with Gasteiger partial charge in [-0.25, -0.2) is 17.5 Å². The van der Waals surface area contributed by atoms with Gasteiger partial charge in [-0.1, -0.05) is 12.1 Å². The molecule has 1 N–H and O–H groups in total. The first-order chi connectivity index (χ1) is 9.84. The molecule has 1 spiro atoms. The number of nitrogens with one attached hydrogen (secondary N) is 1. The van der Waals surface area contributed by atoms with Crippen LogP contribution in [0.4, 0.5) is 4.39 Å². The predicted molar refractivity (Wildman–Crippen MR) is 79.7 cm³/mol. The minimum Gasteiger partial charge on any atom is -0.299 e. The largest absolute Gasteiger partial charge is 0.299 e. The molecule has 2 fully saturated rings. The van der Waals surface area contributed by atoms with Crippen molar-refractivity contribution in [2.75, 3.05) is 19.3 Å². The summed E-state index contributed by atoms with van der Waals surface area (Å²) in [6.45, 7) is 2.88. The van der Waals surface area contributed by atoms with Gasteiger partial charge >= 0.3 is 0 Å². The number of sulfonamides is 1. The number of halogens is 1. The summed E-state index contributed by atoms with van der Waals surface area (Å²) in [4.78, 5) is 2.38. The molecule has 6 heteroatoms. The van der Waals surface area contributed by atoms with Crippen molar-refractivity contribution >= 4 is 10.0 Å². The Morgan fingerprint density at radius 2 is 2.00 bits per heavy atom. The highest BCUT2D eigenvalue weighted by molar-refractivity contribution is 7.88. The molecule has 0 bridgehead atoms. The number of rotatable bonds is 4. The Kier molecular flexibility index (Phi) is 3.80. The third-order valence-electron chi connectivity index (χ3n) is 4.58. The Morgan fingerprint density at radius 1 is 1.33 bits per heavy atom. The third-order valence-corrected chi connectivity index (χ3v) is 5.34. The normalized spacial score (nSPS) is 29.7. The summed E-state index contributed by atoms with van der Waals surface area (Å²) < 4.78 is 38.0. The van der Waals surface area contributed by atoms with Gasteiger partial charge in [0.2, 0.25) is 10.0 Å². The monoisotopic (exact) mass is 312 g/mol. The molecule has 1 saturated carbocycles. The number of hydrogen-bond acceptors (Lipinski definition) is 3. The number of benzene rings is 1. The number of likely N-dealkylation sites (tertiary alicyclic amines) is 1. The summed E-state index contributed by atoms with van der Waals surface area (Å²) in [5.74, 6) is -0.203. The molecule has 1 aliphatic carbocycles. The van der Waals surface area contributed by atoms with E-state index in [1.807, 2.05) is 12.1 Å². The standard InChI is InChI=1S/C15H21FN2O2S/c1-21(19,20)17-14-8-15(9-14)6-7-18(11-15)10-12-2-4-13(16)5-3-12/h2-5,14,17H,6-11H2,1H3. The van der Waals surface area contributed by atoms with E-state index in [2.05, 4.69) is 9.62 Å². The van der Waals surface area contributed by atoms with Crippen LogP contribution in [0.1, 0.15) is 24.8 Å². The molecule has 116 valence electrons. The van der Waals surface area contributed by atoms with Gasteiger partial charge in [-0.3, -0.25) is 4.90 Å². The molecule has 1 aromatic rings. The van der Waals surface area contributed by atoms with Crippen LogP contribution in [0.5, 0.6) is 0 Å². The van der Waals surface area contributed by atoms with Crippen molar-refractivity contribution in [3.63, 3.8) is 0 Å². The first-order valence-electron chi connectivity index (χ1n) is 7.28. The van der Waals surface area contributed by atoms with Crippen LogP contribution in [-0.2, 0) is 16.6 Å². The van der Waals surface area contributed by atoms with E-state index in [1.54, 1.807) is 0 Å². The lowest BCUT2D eigenvalue weighted by molar-refractivity contribution is 0.101. The van der Waals surface area contributed by atoms with E-state index in [4.69, 9.17) is 0 Å². The number of hydrogen-bond donors (Lipinski definition) is 1. The average Bonchev–Trinajstić information content (AvgIpc) is 2.74. The van der Waals surface area contributed by atoms with Crippen molar-refractivity contribution in [3.05, 3.63) is 35.6 Å². The second kappa shape index (κ2) is 5.34. The number of nitrogens with zero attached hydrogens (tertiary/aromatic N) is 1. The molecule has 0 unspecified atom stereocenters. The van der Waals surface area contributed by atoms with E-state index in [-0.39, 0.29) is 17.3 Å². The van der Waals surface area contributed by atoms with E-state index >= 15 is 0 Å². The van der Waals surface area contributed by atoms with Crippen molar-refractivity contribution in [3.8, 4) is 0 Å². The van der Waals surface area contributed by atoms with Crippen LogP contribution in [0.25, 0.3) is 0 Å². The molecule has 1 aliphatic heterocycles. The van der Waals surface area contributed by atoms with Gasteiger partial charge in [-0.2, -0.15) is 0 Å². The van der Waals surface area contributed by atoms with Crippen LogP contribution < -0.4 is 4.72 Å².